The monoisotopic (exact) mass is 322 g/mol. The lowest BCUT2D eigenvalue weighted by atomic mass is 10.3. The van der Waals surface area contributed by atoms with Crippen LogP contribution in [0.25, 0.3) is 0 Å². The van der Waals surface area contributed by atoms with Crippen molar-refractivity contribution in [2.75, 3.05) is 25.6 Å². The first-order valence-electron chi connectivity index (χ1n) is 6.41. The summed E-state index contributed by atoms with van der Waals surface area (Å²) in [6.07, 6.45) is 0. The van der Waals surface area contributed by atoms with Crippen molar-refractivity contribution in [2.24, 2.45) is 0 Å². The molecule has 0 radical (unpaired) electrons. The Kier molecular flexibility index (Phi) is 5.52. The summed E-state index contributed by atoms with van der Waals surface area (Å²) in [5.41, 5.74) is 7.53. The molecule has 21 heavy (non-hydrogen) atoms. The second kappa shape index (κ2) is 7.38. The maximum Gasteiger partial charge on any atom is 0.232 e. The predicted octanol–water partition coefficient (Wildman–Crippen LogP) is 3.09. The van der Waals surface area contributed by atoms with Crippen LogP contribution in [0.15, 0.2) is 39.9 Å². The largest absolute Gasteiger partial charge is 0.496 e. The molecule has 1 aromatic heterocycles. The first-order valence-corrected chi connectivity index (χ1v) is 8.34. The minimum absolute atomic E-state index is 0.0880. The van der Waals surface area contributed by atoms with E-state index in [9.17, 15) is 4.79 Å². The lowest BCUT2D eigenvalue weighted by molar-refractivity contribution is -0.127. The van der Waals surface area contributed by atoms with Crippen molar-refractivity contribution < 1.29 is 9.53 Å². The molecule has 4 nitrogen and oxygen atoms in total. The van der Waals surface area contributed by atoms with Crippen molar-refractivity contribution in [2.45, 2.75) is 11.4 Å². The van der Waals surface area contributed by atoms with Gasteiger partial charge in [0.2, 0.25) is 5.91 Å². The summed E-state index contributed by atoms with van der Waals surface area (Å²) in [6.45, 7) is 0.641. The van der Waals surface area contributed by atoms with E-state index in [1.807, 2.05) is 30.6 Å². The van der Waals surface area contributed by atoms with Crippen LogP contribution in [0.5, 0.6) is 5.75 Å². The van der Waals surface area contributed by atoms with E-state index < -0.39 is 0 Å². The third kappa shape index (κ3) is 4.41. The van der Waals surface area contributed by atoms with Crippen molar-refractivity contribution in [1.29, 1.82) is 0 Å². The van der Waals surface area contributed by atoms with E-state index in [-0.39, 0.29) is 5.91 Å². The van der Waals surface area contributed by atoms with Crippen LogP contribution in [-0.4, -0.2) is 30.7 Å². The third-order valence-electron chi connectivity index (χ3n) is 2.96. The smallest absolute Gasteiger partial charge is 0.232 e. The number of rotatable bonds is 6. The minimum atomic E-state index is 0.0880. The van der Waals surface area contributed by atoms with Crippen LogP contribution in [0.4, 0.5) is 5.69 Å². The third-order valence-corrected chi connectivity index (χ3v) is 4.74. The highest BCUT2D eigenvalue weighted by Crippen LogP contribution is 2.31. The maximum atomic E-state index is 12.2. The second-order valence-electron chi connectivity index (χ2n) is 4.58. The van der Waals surface area contributed by atoms with Crippen LogP contribution in [0.3, 0.4) is 0 Å². The van der Waals surface area contributed by atoms with Gasteiger partial charge in [0.1, 0.15) is 5.75 Å². The standard InChI is InChI=1S/C15H18N2O2S2/c1-17(8-11-5-6-20-9-11)15(18)10-21-14-4-3-12(16)7-13(14)19-2/h3-7,9H,8,10,16H2,1-2H3. The molecule has 1 aromatic carbocycles. The fourth-order valence-electron chi connectivity index (χ4n) is 1.80. The van der Waals surface area contributed by atoms with E-state index in [4.69, 9.17) is 10.5 Å². The van der Waals surface area contributed by atoms with Gasteiger partial charge in [-0.05, 0) is 34.5 Å². The Morgan fingerprint density at radius 2 is 2.24 bits per heavy atom. The molecule has 2 N–H and O–H groups in total. The summed E-state index contributed by atoms with van der Waals surface area (Å²) < 4.78 is 5.28. The molecule has 0 spiro atoms. The van der Waals surface area contributed by atoms with Crippen LogP contribution in [0.1, 0.15) is 5.56 Å². The van der Waals surface area contributed by atoms with Gasteiger partial charge in [-0.25, -0.2) is 0 Å². The molecule has 6 heteroatoms. The number of carbonyl (C=O) groups excluding carboxylic acids is 1. The number of methoxy groups -OCH3 is 1. The maximum absolute atomic E-state index is 12.2. The van der Waals surface area contributed by atoms with Crippen LogP contribution >= 0.6 is 23.1 Å². The number of carbonyl (C=O) groups is 1. The van der Waals surface area contributed by atoms with Gasteiger partial charge in [-0.3, -0.25) is 4.79 Å². The Morgan fingerprint density at radius 3 is 2.90 bits per heavy atom. The summed E-state index contributed by atoms with van der Waals surface area (Å²) in [5.74, 6) is 1.17. The zero-order valence-corrected chi connectivity index (χ0v) is 13.7. The molecule has 0 unspecified atom stereocenters. The van der Waals surface area contributed by atoms with Crippen molar-refractivity contribution in [3.8, 4) is 5.75 Å². The highest BCUT2D eigenvalue weighted by molar-refractivity contribution is 8.00. The van der Waals surface area contributed by atoms with E-state index in [0.29, 0.717) is 23.7 Å². The molecule has 0 aliphatic heterocycles. The van der Waals surface area contributed by atoms with Crippen LogP contribution < -0.4 is 10.5 Å². The number of benzene rings is 1. The highest BCUT2D eigenvalue weighted by atomic mass is 32.2. The number of nitrogens with zero attached hydrogens (tertiary/aromatic N) is 1. The average Bonchev–Trinajstić information content (AvgIpc) is 2.98. The molecule has 0 aliphatic carbocycles. The van der Waals surface area contributed by atoms with E-state index in [0.717, 1.165) is 10.5 Å². The Balaban J connectivity index is 1.91. The van der Waals surface area contributed by atoms with Crippen LogP contribution in [0, 0.1) is 0 Å². The zero-order valence-electron chi connectivity index (χ0n) is 12.0. The van der Waals surface area contributed by atoms with Gasteiger partial charge < -0.3 is 15.4 Å². The molecule has 112 valence electrons. The summed E-state index contributed by atoms with van der Waals surface area (Å²) in [7, 11) is 3.42. The Hall–Kier alpha value is -1.66. The summed E-state index contributed by atoms with van der Waals surface area (Å²) in [5, 5.41) is 4.07. The summed E-state index contributed by atoms with van der Waals surface area (Å²) in [6, 6.07) is 7.49. The Labute approximate surface area is 132 Å². The number of nitrogen functional groups attached to an aromatic ring is 1. The van der Waals surface area contributed by atoms with E-state index >= 15 is 0 Å². The summed E-state index contributed by atoms with van der Waals surface area (Å²) >= 11 is 3.10. The van der Waals surface area contributed by atoms with Gasteiger partial charge in [-0.2, -0.15) is 11.3 Å². The van der Waals surface area contributed by atoms with Gasteiger partial charge in [0, 0.05) is 30.2 Å². The number of thiophene rings is 1. The molecule has 0 atom stereocenters. The topological polar surface area (TPSA) is 55.6 Å². The van der Waals surface area contributed by atoms with Gasteiger partial charge >= 0.3 is 0 Å². The Bertz CT molecular complexity index is 600. The fraction of sp³-hybridized carbons (Fsp3) is 0.267. The molecular formula is C15H18N2O2S2. The van der Waals surface area contributed by atoms with Gasteiger partial charge in [0.15, 0.2) is 0 Å². The SMILES string of the molecule is COc1cc(N)ccc1SCC(=O)N(C)Cc1ccsc1. The molecular weight excluding hydrogens is 304 g/mol. The van der Waals surface area contributed by atoms with Crippen molar-refractivity contribution in [3.63, 3.8) is 0 Å². The second-order valence-corrected chi connectivity index (χ2v) is 6.38. The normalized spacial score (nSPS) is 10.4. The lowest BCUT2D eigenvalue weighted by Gasteiger charge is -2.16. The predicted molar refractivity (Wildman–Crippen MR) is 88.9 cm³/mol. The number of amides is 1. The first-order chi connectivity index (χ1) is 10.1. The molecule has 0 bridgehead atoms. The van der Waals surface area contributed by atoms with Crippen LogP contribution in [-0.2, 0) is 11.3 Å². The Morgan fingerprint density at radius 1 is 1.43 bits per heavy atom. The van der Waals surface area contributed by atoms with Gasteiger partial charge in [0.05, 0.1) is 12.9 Å². The molecule has 0 fully saturated rings. The van der Waals surface area contributed by atoms with Crippen molar-refractivity contribution in [1.82, 2.24) is 4.90 Å². The van der Waals surface area contributed by atoms with Crippen LogP contribution in [0.2, 0.25) is 0 Å². The van der Waals surface area contributed by atoms with E-state index in [1.165, 1.54) is 11.8 Å². The number of nitrogens with two attached hydrogens (primary N) is 1. The number of ether oxygens (including phenoxy) is 1. The first kappa shape index (κ1) is 15.7. The van der Waals surface area contributed by atoms with Gasteiger partial charge in [0.25, 0.3) is 0 Å². The van der Waals surface area contributed by atoms with E-state index in [1.54, 1.807) is 29.4 Å². The molecule has 1 amide bonds. The lowest BCUT2D eigenvalue weighted by Crippen LogP contribution is -2.27. The fourth-order valence-corrected chi connectivity index (χ4v) is 3.41. The summed E-state index contributed by atoms with van der Waals surface area (Å²) in [4.78, 5) is 14.8. The molecule has 0 saturated carbocycles. The quantitative estimate of drug-likeness (QED) is 0.656. The van der Waals surface area contributed by atoms with E-state index in [2.05, 4.69) is 5.38 Å². The number of thioether (sulfide) groups is 1. The molecule has 0 saturated heterocycles. The van der Waals surface area contributed by atoms with Gasteiger partial charge in [-0.1, -0.05) is 0 Å². The molecule has 0 aliphatic rings. The molecule has 2 rings (SSSR count). The minimum Gasteiger partial charge on any atom is -0.496 e. The molecule has 1 heterocycles. The van der Waals surface area contributed by atoms with Crippen molar-refractivity contribution >= 4 is 34.7 Å². The number of hydrogen-bond acceptors (Lipinski definition) is 5. The van der Waals surface area contributed by atoms with Gasteiger partial charge in [-0.15, -0.1) is 11.8 Å². The zero-order chi connectivity index (χ0) is 15.2. The highest BCUT2D eigenvalue weighted by Gasteiger charge is 2.12. The number of hydrogen-bond donors (Lipinski definition) is 1. The average molecular weight is 322 g/mol. The van der Waals surface area contributed by atoms with Crippen molar-refractivity contribution in [3.05, 3.63) is 40.6 Å². The molecule has 2 aromatic rings. The number of anilines is 1.